The number of hydrogen-bond acceptors (Lipinski definition) is 3. The third kappa shape index (κ3) is 3.31. The normalized spacial score (nSPS) is 15.2. The SMILES string of the molecule is CCCOc1cccc(OCCC2CCC2)c1N. The van der Waals surface area contributed by atoms with Crippen molar-refractivity contribution in [2.75, 3.05) is 18.9 Å². The van der Waals surface area contributed by atoms with E-state index >= 15 is 0 Å². The molecule has 18 heavy (non-hydrogen) atoms. The van der Waals surface area contributed by atoms with Gasteiger partial charge in [0.25, 0.3) is 0 Å². The third-order valence-corrected chi connectivity index (χ3v) is 3.50. The molecule has 0 heterocycles. The van der Waals surface area contributed by atoms with Gasteiger partial charge >= 0.3 is 0 Å². The molecule has 0 saturated heterocycles. The van der Waals surface area contributed by atoms with Crippen molar-refractivity contribution in [3.05, 3.63) is 18.2 Å². The van der Waals surface area contributed by atoms with Crippen LogP contribution in [0.3, 0.4) is 0 Å². The molecule has 0 aromatic heterocycles. The van der Waals surface area contributed by atoms with Gasteiger partial charge < -0.3 is 15.2 Å². The summed E-state index contributed by atoms with van der Waals surface area (Å²) in [6.07, 6.45) is 6.22. The largest absolute Gasteiger partial charge is 0.491 e. The predicted octanol–water partition coefficient (Wildman–Crippen LogP) is 3.63. The van der Waals surface area contributed by atoms with Crippen molar-refractivity contribution in [3.8, 4) is 11.5 Å². The fraction of sp³-hybridized carbons (Fsp3) is 0.600. The van der Waals surface area contributed by atoms with E-state index < -0.39 is 0 Å². The van der Waals surface area contributed by atoms with Crippen LogP contribution in [-0.2, 0) is 0 Å². The summed E-state index contributed by atoms with van der Waals surface area (Å²) < 4.78 is 11.3. The highest BCUT2D eigenvalue weighted by atomic mass is 16.5. The second-order valence-electron chi connectivity index (χ2n) is 4.95. The highest BCUT2D eigenvalue weighted by Crippen LogP contribution is 2.33. The standard InChI is InChI=1S/C15H23NO2/c1-2-10-17-13-7-4-8-14(15(13)16)18-11-9-12-5-3-6-12/h4,7-8,12H,2-3,5-6,9-11,16H2,1H3. The van der Waals surface area contributed by atoms with Crippen LogP contribution in [0, 0.1) is 5.92 Å². The first-order valence-corrected chi connectivity index (χ1v) is 6.95. The van der Waals surface area contributed by atoms with Crippen molar-refractivity contribution in [2.45, 2.75) is 39.0 Å². The number of ether oxygens (including phenoxy) is 2. The van der Waals surface area contributed by atoms with Crippen LogP contribution in [0.15, 0.2) is 18.2 Å². The van der Waals surface area contributed by atoms with Crippen LogP contribution < -0.4 is 15.2 Å². The second-order valence-corrected chi connectivity index (χ2v) is 4.95. The molecular formula is C15H23NO2. The van der Waals surface area contributed by atoms with E-state index in [0.29, 0.717) is 12.3 Å². The van der Waals surface area contributed by atoms with Crippen molar-refractivity contribution in [1.29, 1.82) is 0 Å². The fourth-order valence-corrected chi connectivity index (χ4v) is 2.10. The van der Waals surface area contributed by atoms with Gasteiger partial charge in [0.1, 0.15) is 17.2 Å². The molecule has 0 bridgehead atoms. The molecule has 1 aliphatic carbocycles. The van der Waals surface area contributed by atoms with Gasteiger partial charge in [-0.3, -0.25) is 0 Å². The van der Waals surface area contributed by atoms with Crippen LogP contribution in [0.1, 0.15) is 39.0 Å². The Balaban J connectivity index is 1.86. The van der Waals surface area contributed by atoms with Gasteiger partial charge in [-0.25, -0.2) is 0 Å². The number of rotatable bonds is 7. The fourth-order valence-electron chi connectivity index (χ4n) is 2.10. The number of hydrogen-bond donors (Lipinski definition) is 1. The van der Waals surface area contributed by atoms with Crippen molar-refractivity contribution < 1.29 is 9.47 Å². The Labute approximate surface area is 109 Å². The van der Waals surface area contributed by atoms with Gasteiger partial charge in [-0.2, -0.15) is 0 Å². The van der Waals surface area contributed by atoms with Crippen molar-refractivity contribution in [1.82, 2.24) is 0 Å². The van der Waals surface area contributed by atoms with E-state index in [1.54, 1.807) is 0 Å². The molecule has 3 heteroatoms. The summed E-state index contributed by atoms with van der Waals surface area (Å²) in [5.41, 5.74) is 6.66. The van der Waals surface area contributed by atoms with Crippen molar-refractivity contribution in [3.63, 3.8) is 0 Å². The Morgan fingerprint density at radius 1 is 1.17 bits per heavy atom. The van der Waals surface area contributed by atoms with Crippen LogP contribution in [0.25, 0.3) is 0 Å². The van der Waals surface area contributed by atoms with Crippen LogP contribution in [-0.4, -0.2) is 13.2 Å². The lowest BCUT2D eigenvalue weighted by molar-refractivity contribution is 0.222. The summed E-state index contributed by atoms with van der Waals surface area (Å²) >= 11 is 0. The van der Waals surface area contributed by atoms with E-state index in [0.717, 1.165) is 36.9 Å². The monoisotopic (exact) mass is 249 g/mol. The number of nitrogen functional groups attached to an aromatic ring is 1. The van der Waals surface area contributed by atoms with Crippen LogP contribution >= 0.6 is 0 Å². The lowest BCUT2D eigenvalue weighted by atomic mass is 9.83. The van der Waals surface area contributed by atoms with Gasteiger partial charge in [-0.1, -0.05) is 32.3 Å². The smallest absolute Gasteiger partial charge is 0.146 e. The molecule has 1 aliphatic rings. The Bertz CT molecular complexity index is 375. The zero-order valence-corrected chi connectivity index (χ0v) is 11.2. The molecule has 3 nitrogen and oxygen atoms in total. The van der Waals surface area contributed by atoms with Gasteiger partial charge in [0.2, 0.25) is 0 Å². The Morgan fingerprint density at radius 3 is 2.39 bits per heavy atom. The summed E-state index contributed by atoms with van der Waals surface area (Å²) in [5.74, 6) is 2.35. The highest BCUT2D eigenvalue weighted by Gasteiger charge is 2.17. The minimum Gasteiger partial charge on any atom is -0.491 e. The molecule has 0 aliphatic heterocycles. The Hall–Kier alpha value is -1.38. The topological polar surface area (TPSA) is 44.5 Å². The molecule has 1 aromatic carbocycles. The van der Waals surface area contributed by atoms with Crippen molar-refractivity contribution >= 4 is 5.69 Å². The van der Waals surface area contributed by atoms with Crippen LogP contribution in [0.2, 0.25) is 0 Å². The number of nitrogens with two attached hydrogens (primary N) is 1. The summed E-state index contributed by atoms with van der Waals surface area (Å²) in [5, 5.41) is 0. The molecule has 100 valence electrons. The molecule has 2 N–H and O–H groups in total. The first-order valence-electron chi connectivity index (χ1n) is 6.95. The summed E-state index contributed by atoms with van der Waals surface area (Å²) in [6, 6.07) is 5.73. The quantitative estimate of drug-likeness (QED) is 0.750. The van der Waals surface area contributed by atoms with E-state index in [1.807, 2.05) is 18.2 Å². The molecule has 1 saturated carbocycles. The molecule has 2 rings (SSSR count). The molecule has 0 amide bonds. The third-order valence-electron chi connectivity index (χ3n) is 3.50. The highest BCUT2D eigenvalue weighted by molar-refractivity contribution is 5.62. The van der Waals surface area contributed by atoms with E-state index in [4.69, 9.17) is 15.2 Å². The maximum Gasteiger partial charge on any atom is 0.146 e. The van der Waals surface area contributed by atoms with E-state index in [-0.39, 0.29) is 0 Å². The number of anilines is 1. The number of benzene rings is 1. The summed E-state index contributed by atoms with van der Waals surface area (Å²) in [4.78, 5) is 0. The lowest BCUT2D eigenvalue weighted by Gasteiger charge is -2.25. The van der Waals surface area contributed by atoms with Gasteiger partial charge in [-0.05, 0) is 30.9 Å². The average Bonchev–Trinajstić information content (AvgIpc) is 2.32. The van der Waals surface area contributed by atoms with Gasteiger partial charge in [0, 0.05) is 0 Å². The molecule has 1 aromatic rings. The van der Waals surface area contributed by atoms with Gasteiger partial charge in [-0.15, -0.1) is 0 Å². The molecule has 0 radical (unpaired) electrons. The molecule has 0 unspecified atom stereocenters. The van der Waals surface area contributed by atoms with E-state index in [2.05, 4.69) is 6.92 Å². The van der Waals surface area contributed by atoms with Crippen LogP contribution in [0.5, 0.6) is 11.5 Å². The maximum absolute atomic E-state index is 6.04. The van der Waals surface area contributed by atoms with Gasteiger partial charge in [0.05, 0.1) is 13.2 Å². The Morgan fingerprint density at radius 2 is 1.83 bits per heavy atom. The average molecular weight is 249 g/mol. The number of para-hydroxylation sites is 1. The first-order chi connectivity index (χ1) is 8.81. The lowest BCUT2D eigenvalue weighted by Crippen LogP contribution is -2.14. The summed E-state index contributed by atoms with van der Waals surface area (Å²) in [7, 11) is 0. The second kappa shape index (κ2) is 6.53. The van der Waals surface area contributed by atoms with E-state index in [9.17, 15) is 0 Å². The minimum absolute atomic E-state index is 0.625. The predicted molar refractivity (Wildman–Crippen MR) is 74.1 cm³/mol. The first kappa shape index (κ1) is 13.1. The molecule has 1 fully saturated rings. The molecule has 0 spiro atoms. The van der Waals surface area contributed by atoms with Crippen molar-refractivity contribution in [2.24, 2.45) is 5.92 Å². The molecule has 0 atom stereocenters. The molecular weight excluding hydrogens is 226 g/mol. The summed E-state index contributed by atoms with van der Waals surface area (Å²) in [6.45, 7) is 3.52. The Kier molecular flexibility index (Phi) is 4.73. The van der Waals surface area contributed by atoms with Gasteiger partial charge in [0.15, 0.2) is 0 Å². The van der Waals surface area contributed by atoms with E-state index in [1.165, 1.54) is 19.3 Å². The minimum atomic E-state index is 0.625. The zero-order valence-electron chi connectivity index (χ0n) is 11.2. The maximum atomic E-state index is 6.04. The van der Waals surface area contributed by atoms with Crippen LogP contribution in [0.4, 0.5) is 5.69 Å². The zero-order chi connectivity index (χ0) is 12.8.